The van der Waals surface area contributed by atoms with Crippen LogP contribution in [-0.4, -0.2) is 26.8 Å². The topological polar surface area (TPSA) is 0 Å². The van der Waals surface area contributed by atoms with E-state index in [2.05, 4.69) is 0 Å². The van der Waals surface area contributed by atoms with Crippen LogP contribution in [0.5, 0.6) is 0 Å². The molecular formula is C13H3BF14Te. The van der Waals surface area contributed by atoms with Gasteiger partial charge in [0.2, 0.25) is 0 Å². The molecule has 0 unspecified atom stereocenters. The molecule has 162 valence electrons. The monoisotopic (exact) mass is 566 g/mol. The van der Waals surface area contributed by atoms with Crippen LogP contribution in [0, 0.1) is 58.2 Å². The van der Waals surface area contributed by atoms with Gasteiger partial charge in [-0.05, 0) is 0 Å². The van der Waals surface area contributed by atoms with E-state index in [-0.39, 0.29) is 0 Å². The fourth-order valence-corrected chi connectivity index (χ4v) is 6.48. The van der Waals surface area contributed by atoms with Gasteiger partial charge in [0, 0.05) is 0 Å². The Bertz CT molecular complexity index is 807. The van der Waals surface area contributed by atoms with Gasteiger partial charge >= 0.3 is 141 Å². The van der Waals surface area contributed by atoms with E-state index in [0.717, 1.165) is 0 Å². The van der Waals surface area contributed by atoms with Crippen LogP contribution < -0.4 is 7.22 Å². The third-order valence-electron chi connectivity index (χ3n) is 2.95. The van der Waals surface area contributed by atoms with E-state index < -0.39 is 92.2 Å². The zero-order valence-electron chi connectivity index (χ0n) is 13.3. The van der Waals surface area contributed by atoms with Crippen LogP contribution in [0.25, 0.3) is 0 Å². The van der Waals surface area contributed by atoms with Gasteiger partial charge in [-0.1, -0.05) is 0 Å². The van der Waals surface area contributed by atoms with E-state index in [0.29, 0.717) is 4.97 Å². The molecule has 0 radical (unpaired) electrons. The van der Waals surface area contributed by atoms with Crippen molar-refractivity contribution >= 4 is 34.0 Å². The second kappa shape index (κ2) is 8.99. The molecule has 0 amide bonds. The molecule has 2 aromatic carbocycles. The molecule has 0 saturated carbocycles. The quantitative estimate of drug-likeness (QED) is 0.217. The maximum Gasteiger partial charge on any atom is 0.673 e. The number of hydrogen-bond acceptors (Lipinski definition) is 0. The second-order valence-electron chi connectivity index (χ2n) is 4.80. The zero-order chi connectivity index (χ0) is 23.0. The first-order chi connectivity index (χ1) is 13.0. The van der Waals surface area contributed by atoms with E-state index in [1.807, 2.05) is 0 Å². The minimum Gasteiger partial charge on any atom is -0.418 e. The molecule has 2 rings (SSSR count). The summed E-state index contributed by atoms with van der Waals surface area (Å²) in [4.78, 5) is 0.694. The van der Waals surface area contributed by atoms with Gasteiger partial charge in [-0.15, -0.1) is 0 Å². The van der Waals surface area contributed by atoms with Crippen LogP contribution >= 0.6 is 0 Å². The first-order valence-electron chi connectivity index (χ1n) is 6.58. The molecule has 0 atom stereocenters. The maximum absolute atomic E-state index is 13.7. The third-order valence-corrected chi connectivity index (χ3v) is 8.49. The molecule has 0 nitrogen and oxygen atoms in total. The van der Waals surface area contributed by atoms with Crippen molar-refractivity contribution in [3.05, 3.63) is 58.2 Å². The van der Waals surface area contributed by atoms with Gasteiger partial charge in [-0.3, -0.25) is 0 Å². The van der Waals surface area contributed by atoms with E-state index in [1.165, 1.54) is 0 Å². The van der Waals surface area contributed by atoms with Gasteiger partial charge in [0.05, 0.1) is 0 Å². The summed E-state index contributed by atoms with van der Waals surface area (Å²) in [5, 5.41) is 0. The predicted molar refractivity (Wildman–Crippen MR) is 73.5 cm³/mol. The summed E-state index contributed by atoms with van der Waals surface area (Å²) in [6.07, 6.45) is 0. The van der Waals surface area contributed by atoms with Crippen molar-refractivity contribution in [3.63, 3.8) is 0 Å². The molecule has 16 heteroatoms. The maximum atomic E-state index is 13.7. The van der Waals surface area contributed by atoms with Crippen LogP contribution in [0.2, 0.25) is 4.97 Å². The van der Waals surface area contributed by atoms with E-state index >= 15 is 0 Å². The average Bonchev–Trinajstić information content (AvgIpc) is 2.60. The number of benzene rings is 2. The van der Waals surface area contributed by atoms with Crippen LogP contribution in [0.15, 0.2) is 0 Å². The Morgan fingerprint density at radius 1 is 0.414 bits per heavy atom. The molecule has 0 saturated heterocycles. The zero-order valence-corrected chi connectivity index (χ0v) is 15.6. The summed E-state index contributed by atoms with van der Waals surface area (Å²) < 4.78 is 169. The molecule has 0 aliphatic rings. The summed E-state index contributed by atoms with van der Waals surface area (Å²) in [6.45, 7) is 0. The van der Waals surface area contributed by atoms with Crippen molar-refractivity contribution in [3.8, 4) is 0 Å². The van der Waals surface area contributed by atoms with E-state index in [1.54, 1.807) is 0 Å². The molecule has 0 spiro atoms. The molecule has 0 bridgehead atoms. The molecule has 0 aliphatic carbocycles. The predicted octanol–water partition coefficient (Wildman–Crippen LogP) is 4.62. The van der Waals surface area contributed by atoms with Gasteiger partial charge in [0.15, 0.2) is 0 Å². The Hall–Kier alpha value is -1.69. The Labute approximate surface area is 158 Å². The number of hydrogen-bond donors (Lipinski definition) is 0. The van der Waals surface area contributed by atoms with Gasteiger partial charge in [-0.2, -0.15) is 0 Å². The number of halogens is 14. The summed E-state index contributed by atoms with van der Waals surface area (Å²) >= 11 is -4.40. The van der Waals surface area contributed by atoms with Crippen molar-refractivity contribution in [2.75, 3.05) is 0 Å². The largest absolute Gasteiger partial charge is 0.673 e. The minimum atomic E-state index is -6.00. The van der Waals surface area contributed by atoms with Gasteiger partial charge in [0.25, 0.3) is 0 Å². The minimum absolute atomic E-state index is 0.694. The van der Waals surface area contributed by atoms with Crippen LogP contribution in [0.4, 0.5) is 61.2 Å². The van der Waals surface area contributed by atoms with Gasteiger partial charge < -0.3 is 17.3 Å². The van der Waals surface area contributed by atoms with Crippen LogP contribution in [0.3, 0.4) is 0 Å². The van der Waals surface area contributed by atoms with Crippen molar-refractivity contribution in [1.29, 1.82) is 0 Å². The van der Waals surface area contributed by atoms with Crippen molar-refractivity contribution < 1.29 is 61.2 Å². The standard InChI is InChI=1S/C13H3F10Te.BF4/c1-24(12-8(20)4(16)2(14)5(17)9(12)21)13-10(22)6(18)3(15)7(19)11(13)23;2-1(3,4)5/h1H3;/q+1;-1. The molecule has 0 aromatic heterocycles. The summed E-state index contributed by atoms with van der Waals surface area (Å²) in [5.41, 5.74) is 0. The average molecular weight is 564 g/mol. The second-order valence-corrected chi connectivity index (χ2v) is 10.0. The molecular weight excluding hydrogens is 561 g/mol. The Morgan fingerprint density at radius 2 is 0.552 bits per heavy atom. The molecule has 29 heavy (non-hydrogen) atoms. The summed E-state index contributed by atoms with van der Waals surface area (Å²) in [6, 6.07) is 0. The van der Waals surface area contributed by atoms with E-state index in [4.69, 9.17) is 0 Å². The van der Waals surface area contributed by atoms with Gasteiger partial charge in [-0.25, -0.2) is 0 Å². The first-order valence-corrected chi connectivity index (χ1v) is 11.2. The van der Waals surface area contributed by atoms with Crippen molar-refractivity contribution in [2.45, 2.75) is 4.97 Å². The first kappa shape index (κ1) is 25.4. The van der Waals surface area contributed by atoms with Crippen molar-refractivity contribution in [1.82, 2.24) is 0 Å². The molecule has 0 aliphatic heterocycles. The smallest absolute Gasteiger partial charge is 0.418 e. The molecule has 0 N–H and O–H groups in total. The molecule has 0 heterocycles. The normalized spacial score (nSPS) is 11.6. The van der Waals surface area contributed by atoms with E-state index in [9.17, 15) is 61.2 Å². The summed E-state index contributed by atoms with van der Waals surface area (Å²) in [5.74, 6) is -24.0. The van der Waals surface area contributed by atoms with Crippen LogP contribution in [-0.2, 0) is 0 Å². The van der Waals surface area contributed by atoms with Crippen LogP contribution in [0.1, 0.15) is 0 Å². The molecule has 2 aromatic rings. The Balaban J connectivity index is 0.000000749. The molecule has 0 fully saturated rings. The van der Waals surface area contributed by atoms with Gasteiger partial charge in [0.1, 0.15) is 0 Å². The third kappa shape index (κ3) is 5.27. The number of rotatable bonds is 2. The summed E-state index contributed by atoms with van der Waals surface area (Å²) in [7, 11) is -6.00. The van der Waals surface area contributed by atoms with Crippen molar-refractivity contribution in [2.24, 2.45) is 0 Å². The Morgan fingerprint density at radius 3 is 0.724 bits per heavy atom. The fourth-order valence-electron chi connectivity index (χ4n) is 1.81. The SMILES string of the molecule is C[Te+](c1c(F)c(F)c(F)c(F)c1F)c1c(F)c(F)c(F)c(F)c1F.F[B-](F)(F)F. The Kier molecular flexibility index (Phi) is 7.86. The fraction of sp³-hybridized carbons (Fsp3) is 0.0769.